The van der Waals surface area contributed by atoms with E-state index in [1.165, 1.54) is 34.7 Å². The lowest BCUT2D eigenvalue weighted by molar-refractivity contribution is -0.124. The minimum atomic E-state index is -0.790. The molecule has 3 amide bonds. The number of hydrogen-bond acceptors (Lipinski definition) is 10. The number of thiophene rings is 1. The molecule has 0 aromatic carbocycles. The van der Waals surface area contributed by atoms with Gasteiger partial charge in [-0.25, -0.2) is 19.7 Å². The highest BCUT2D eigenvalue weighted by molar-refractivity contribution is 7.19. The highest BCUT2D eigenvalue weighted by atomic mass is 32.1. The zero-order valence-corrected chi connectivity index (χ0v) is 28.2. The third kappa shape index (κ3) is 7.64. The molecule has 6 rings (SSSR count). The second-order valence-corrected chi connectivity index (χ2v) is 14.4. The molecule has 4 aromatic rings. The first-order valence-electron chi connectivity index (χ1n) is 16.1. The zero-order chi connectivity index (χ0) is 34.0. The highest BCUT2D eigenvalue weighted by Gasteiger charge is 2.36. The fourth-order valence-corrected chi connectivity index (χ4v) is 7.01. The molecule has 1 aliphatic carbocycles. The lowest BCUT2D eigenvalue weighted by Crippen LogP contribution is -2.36. The lowest BCUT2D eigenvalue weighted by atomic mass is 9.98. The van der Waals surface area contributed by atoms with Crippen molar-refractivity contribution >= 4 is 50.8 Å². The molecule has 3 N–H and O–H groups in total. The van der Waals surface area contributed by atoms with E-state index in [1.807, 2.05) is 13.0 Å². The molecule has 1 saturated carbocycles. The fraction of sp³-hybridized carbons (Fsp3) is 0.441. The van der Waals surface area contributed by atoms with Crippen molar-refractivity contribution in [2.24, 2.45) is 0 Å². The summed E-state index contributed by atoms with van der Waals surface area (Å²) >= 11 is 1.45. The van der Waals surface area contributed by atoms with Crippen molar-refractivity contribution in [2.75, 3.05) is 10.6 Å². The Morgan fingerprint density at radius 3 is 2.52 bits per heavy atom. The van der Waals surface area contributed by atoms with Crippen LogP contribution in [0, 0.1) is 0 Å². The van der Waals surface area contributed by atoms with E-state index < -0.39 is 29.2 Å². The van der Waals surface area contributed by atoms with Gasteiger partial charge in [-0.05, 0) is 77.1 Å². The Bertz CT molecular complexity index is 1890. The number of carbonyl (C=O) groups excluding carboxylic acids is 3. The molecular weight excluding hydrogens is 634 g/mol. The smallest absolute Gasteiger partial charge is 0.413 e. The van der Waals surface area contributed by atoms with Crippen molar-refractivity contribution in [1.29, 1.82) is 0 Å². The number of amides is 3. The van der Waals surface area contributed by atoms with Gasteiger partial charge in [0.1, 0.15) is 40.4 Å². The third-order valence-corrected chi connectivity index (χ3v) is 9.34. The number of fused-ring (bicyclic) bond motifs is 2. The molecule has 0 bridgehead atoms. The van der Waals surface area contributed by atoms with Crippen molar-refractivity contribution < 1.29 is 23.9 Å². The predicted molar refractivity (Wildman–Crippen MR) is 182 cm³/mol. The molecule has 5 heterocycles. The van der Waals surface area contributed by atoms with Crippen LogP contribution in [-0.4, -0.2) is 49.1 Å². The lowest BCUT2D eigenvalue weighted by Gasteiger charge is -2.22. The van der Waals surface area contributed by atoms with Gasteiger partial charge in [-0.15, -0.1) is 11.3 Å². The minimum Gasteiger partial charge on any atom is -0.489 e. The molecule has 14 heteroatoms. The van der Waals surface area contributed by atoms with Crippen molar-refractivity contribution in [1.82, 2.24) is 24.8 Å². The number of nitrogens with one attached hydrogen (secondary N) is 3. The quantitative estimate of drug-likeness (QED) is 0.206. The van der Waals surface area contributed by atoms with E-state index in [2.05, 4.69) is 30.9 Å². The van der Waals surface area contributed by atoms with Crippen molar-refractivity contribution in [3.8, 4) is 5.75 Å². The molecule has 0 spiro atoms. The van der Waals surface area contributed by atoms with Crippen LogP contribution >= 0.6 is 11.3 Å². The number of anilines is 2. The second-order valence-electron chi connectivity index (χ2n) is 13.2. The number of hydrogen-bond donors (Lipinski definition) is 3. The van der Waals surface area contributed by atoms with Crippen LogP contribution in [0.2, 0.25) is 0 Å². The Kier molecular flexibility index (Phi) is 9.45. The van der Waals surface area contributed by atoms with Gasteiger partial charge in [0.15, 0.2) is 0 Å². The van der Waals surface area contributed by atoms with Crippen molar-refractivity contribution in [2.45, 2.75) is 96.4 Å². The Morgan fingerprint density at radius 1 is 1.00 bits per heavy atom. The maximum absolute atomic E-state index is 13.6. The molecular formula is C34H39N7O6S. The van der Waals surface area contributed by atoms with Crippen LogP contribution in [0.1, 0.15) is 99.4 Å². The standard InChI is InChI=1S/C34H39N7O6S/c1-19-12-26(31(43)38-17-23-13-20-15-36-28(14-27(20)48-23)40-33(45)47-34(2,3)4)41-29(19)37-18-25(32(41)44)39-30(42)24-11-10-22(16-35-24)46-21-8-6-5-7-9-21/h10-11,13-16,18-19,21,26H,5-9,12,17H2,1-4H3,(H,38,43)(H,39,42)(H,36,40,45)/t19-,26+/m1/s1. The van der Waals surface area contributed by atoms with Gasteiger partial charge in [0, 0.05) is 27.1 Å². The van der Waals surface area contributed by atoms with E-state index in [9.17, 15) is 19.2 Å². The molecule has 13 nitrogen and oxygen atoms in total. The Balaban J connectivity index is 1.10. The molecule has 1 fully saturated rings. The van der Waals surface area contributed by atoms with Gasteiger partial charge in [-0.3, -0.25) is 24.3 Å². The average Bonchev–Trinajstić information content (AvgIpc) is 3.61. The van der Waals surface area contributed by atoms with E-state index in [-0.39, 0.29) is 35.9 Å². The monoisotopic (exact) mass is 673 g/mol. The van der Waals surface area contributed by atoms with Crippen LogP contribution in [0.3, 0.4) is 0 Å². The summed E-state index contributed by atoms with van der Waals surface area (Å²) in [7, 11) is 0. The van der Waals surface area contributed by atoms with E-state index in [0.29, 0.717) is 23.8 Å². The van der Waals surface area contributed by atoms with Gasteiger partial charge in [-0.2, -0.15) is 0 Å². The Hall–Kier alpha value is -4.85. The normalized spacial score (nSPS) is 17.8. The summed E-state index contributed by atoms with van der Waals surface area (Å²) in [5.41, 5.74) is -1.05. The summed E-state index contributed by atoms with van der Waals surface area (Å²) in [5, 5.41) is 9.07. The van der Waals surface area contributed by atoms with Crippen molar-refractivity contribution in [3.63, 3.8) is 0 Å². The second kappa shape index (κ2) is 13.7. The molecule has 2 atom stereocenters. The number of rotatable bonds is 8. The van der Waals surface area contributed by atoms with E-state index in [1.54, 1.807) is 45.2 Å². The topological polar surface area (TPSA) is 166 Å². The average molecular weight is 674 g/mol. The molecule has 0 unspecified atom stereocenters. The van der Waals surface area contributed by atoms with Crippen LogP contribution in [-0.2, 0) is 16.1 Å². The summed E-state index contributed by atoms with van der Waals surface area (Å²) < 4.78 is 13.5. The summed E-state index contributed by atoms with van der Waals surface area (Å²) in [4.78, 5) is 66.0. The van der Waals surface area contributed by atoms with E-state index in [0.717, 1.165) is 40.6 Å². The van der Waals surface area contributed by atoms with E-state index >= 15 is 0 Å². The van der Waals surface area contributed by atoms with E-state index in [4.69, 9.17) is 9.47 Å². The molecule has 2 aliphatic rings. The number of carbonyl (C=O) groups is 3. The number of pyridine rings is 2. The van der Waals surface area contributed by atoms with Crippen LogP contribution in [0.5, 0.6) is 5.75 Å². The molecule has 1 aliphatic heterocycles. The molecule has 48 heavy (non-hydrogen) atoms. The fourth-order valence-electron chi connectivity index (χ4n) is 5.99. The Morgan fingerprint density at radius 2 is 1.79 bits per heavy atom. The number of ether oxygens (including phenoxy) is 2. The van der Waals surface area contributed by atoms with Crippen LogP contribution in [0.4, 0.5) is 16.3 Å². The third-order valence-electron chi connectivity index (χ3n) is 8.24. The molecule has 252 valence electrons. The first-order valence-corrected chi connectivity index (χ1v) is 17.0. The first kappa shape index (κ1) is 33.1. The summed E-state index contributed by atoms with van der Waals surface area (Å²) in [6.07, 6.45) is 10.00. The molecule has 0 saturated heterocycles. The van der Waals surface area contributed by atoms with Crippen molar-refractivity contribution in [3.05, 3.63) is 69.6 Å². The van der Waals surface area contributed by atoms with Gasteiger partial charge >= 0.3 is 6.09 Å². The van der Waals surface area contributed by atoms with Gasteiger partial charge in [0.05, 0.1) is 25.0 Å². The zero-order valence-electron chi connectivity index (χ0n) is 27.4. The minimum absolute atomic E-state index is 0.0345. The van der Waals surface area contributed by atoms with Crippen LogP contribution in [0.15, 0.2) is 47.7 Å². The van der Waals surface area contributed by atoms with Crippen LogP contribution in [0.25, 0.3) is 10.1 Å². The summed E-state index contributed by atoms with van der Waals surface area (Å²) in [6.45, 7) is 7.49. The van der Waals surface area contributed by atoms with Gasteiger partial charge < -0.3 is 20.1 Å². The largest absolute Gasteiger partial charge is 0.489 e. The number of aromatic nitrogens is 4. The van der Waals surface area contributed by atoms with Gasteiger partial charge in [0.25, 0.3) is 11.5 Å². The Labute approximate surface area is 281 Å². The SMILES string of the molecule is C[C@@H]1C[C@@H](C(=O)NCc2cc3cnc(NC(=O)OC(C)(C)C)cc3s2)n2c1ncc(NC(=O)c1ccc(OC3CCCCC3)cn1)c2=O. The number of nitrogens with zero attached hydrogens (tertiary/aromatic N) is 4. The maximum Gasteiger partial charge on any atom is 0.413 e. The summed E-state index contributed by atoms with van der Waals surface area (Å²) in [5.74, 6) is 0.423. The highest BCUT2D eigenvalue weighted by Crippen LogP contribution is 2.34. The van der Waals surface area contributed by atoms with Gasteiger partial charge in [0.2, 0.25) is 5.91 Å². The molecule has 4 aromatic heterocycles. The maximum atomic E-state index is 13.6. The molecule has 0 radical (unpaired) electrons. The predicted octanol–water partition coefficient (Wildman–Crippen LogP) is 5.92. The first-order chi connectivity index (χ1) is 22.9. The summed E-state index contributed by atoms with van der Waals surface area (Å²) in [6, 6.07) is 6.15. The van der Waals surface area contributed by atoms with Crippen LogP contribution < -0.4 is 26.2 Å². The van der Waals surface area contributed by atoms with Gasteiger partial charge in [-0.1, -0.05) is 13.3 Å².